The van der Waals surface area contributed by atoms with E-state index in [0.29, 0.717) is 11.5 Å². The Morgan fingerprint density at radius 1 is 1.54 bits per heavy atom. The Kier molecular flexibility index (Phi) is 2.01. The Hall–Kier alpha value is -1.76. The molecule has 2 aromatic heterocycles. The fraction of sp³-hybridized carbons (Fsp3) is 0. The molecule has 6 nitrogen and oxygen atoms in total. The molecule has 2 aromatic rings. The van der Waals surface area contributed by atoms with Crippen LogP contribution in [-0.4, -0.2) is 24.6 Å². The van der Waals surface area contributed by atoms with Gasteiger partial charge in [0.25, 0.3) is 5.91 Å². The molecule has 0 aliphatic rings. The van der Waals surface area contributed by atoms with Crippen LogP contribution in [-0.2, 0) is 0 Å². The molecule has 0 bridgehead atoms. The van der Waals surface area contributed by atoms with Crippen LogP contribution in [0.3, 0.4) is 0 Å². The van der Waals surface area contributed by atoms with Gasteiger partial charge in [-0.2, -0.15) is 8.75 Å². The minimum atomic E-state index is -0.294. The van der Waals surface area contributed by atoms with Crippen molar-refractivity contribution in [2.24, 2.45) is 0 Å². The molecule has 0 saturated heterocycles. The van der Waals surface area contributed by atoms with E-state index < -0.39 is 0 Å². The largest absolute Gasteiger partial charge is 0.331 e. The summed E-state index contributed by atoms with van der Waals surface area (Å²) in [6.45, 7) is 0. The van der Waals surface area contributed by atoms with Crippen molar-refractivity contribution in [2.45, 2.75) is 0 Å². The molecule has 0 aliphatic heterocycles. The lowest BCUT2D eigenvalue weighted by molar-refractivity contribution is 0.102. The van der Waals surface area contributed by atoms with Crippen molar-refractivity contribution in [1.82, 2.24) is 18.7 Å². The molecular formula is C6H5N5OS. The van der Waals surface area contributed by atoms with Gasteiger partial charge in [0.15, 0.2) is 5.69 Å². The summed E-state index contributed by atoms with van der Waals surface area (Å²) in [5.74, 6) is 0.246. The summed E-state index contributed by atoms with van der Waals surface area (Å²) in [5, 5.41) is 2.57. The lowest BCUT2D eigenvalue weighted by Crippen LogP contribution is -2.12. The predicted octanol–water partition coefficient (Wildman–Crippen LogP) is 0.513. The highest BCUT2D eigenvalue weighted by Gasteiger charge is 2.08. The van der Waals surface area contributed by atoms with E-state index in [2.05, 4.69) is 24.0 Å². The molecule has 0 saturated carbocycles. The van der Waals surface area contributed by atoms with E-state index in [9.17, 15) is 4.79 Å². The van der Waals surface area contributed by atoms with Gasteiger partial charge < -0.3 is 10.3 Å². The number of aromatic nitrogens is 4. The van der Waals surface area contributed by atoms with Gasteiger partial charge in [0.1, 0.15) is 5.82 Å². The molecule has 0 atom stereocenters. The Labute approximate surface area is 77.4 Å². The highest BCUT2D eigenvalue weighted by molar-refractivity contribution is 6.99. The van der Waals surface area contributed by atoms with Crippen molar-refractivity contribution in [1.29, 1.82) is 0 Å². The summed E-state index contributed by atoms with van der Waals surface area (Å²) < 4.78 is 7.50. The van der Waals surface area contributed by atoms with Gasteiger partial charge in [-0.1, -0.05) is 0 Å². The number of carbonyl (C=O) groups excluding carboxylic acids is 1. The zero-order chi connectivity index (χ0) is 9.10. The van der Waals surface area contributed by atoms with Crippen LogP contribution in [0.1, 0.15) is 10.5 Å². The number of anilines is 1. The first-order valence-corrected chi connectivity index (χ1v) is 4.16. The summed E-state index contributed by atoms with van der Waals surface area (Å²) in [5.41, 5.74) is 0.305. The lowest BCUT2D eigenvalue weighted by atomic mass is 10.4. The molecule has 0 aliphatic carbocycles. The summed E-state index contributed by atoms with van der Waals surface area (Å²) in [6.07, 6.45) is 4.41. The molecule has 1 amide bonds. The van der Waals surface area contributed by atoms with E-state index in [1.165, 1.54) is 18.7 Å². The van der Waals surface area contributed by atoms with Crippen LogP contribution in [0.2, 0.25) is 0 Å². The second kappa shape index (κ2) is 3.31. The van der Waals surface area contributed by atoms with E-state index in [1.807, 2.05) is 0 Å². The first kappa shape index (κ1) is 7.87. The van der Waals surface area contributed by atoms with Gasteiger partial charge in [-0.15, -0.1) is 0 Å². The van der Waals surface area contributed by atoms with E-state index in [4.69, 9.17) is 0 Å². The maximum absolute atomic E-state index is 11.3. The summed E-state index contributed by atoms with van der Waals surface area (Å²) >= 11 is 0.994. The van der Waals surface area contributed by atoms with Gasteiger partial charge in [-0.3, -0.25) is 4.79 Å². The molecule has 0 spiro atoms. The number of amides is 1. The Balaban J connectivity index is 2.08. The number of rotatable bonds is 2. The number of H-pyrrole nitrogens is 1. The molecule has 2 heterocycles. The number of aromatic amines is 1. The quantitative estimate of drug-likeness (QED) is 0.731. The highest BCUT2D eigenvalue weighted by atomic mass is 32.1. The zero-order valence-electron chi connectivity index (χ0n) is 6.39. The molecule has 2 N–H and O–H groups in total. The molecular weight excluding hydrogens is 190 g/mol. The Morgan fingerprint density at radius 2 is 2.46 bits per heavy atom. The normalized spacial score (nSPS) is 9.85. The van der Waals surface area contributed by atoms with E-state index in [-0.39, 0.29) is 5.91 Å². The van der Waals surface area contributed by atoms with Crippen LogP contribution in [0.4, 0.5) is 5.82 Å². The van der Waals surface area contributed by atoms with Crippen molar-refractivity contribution in [3.63, 3.8) is 0 Å². The fourth-order valence-electron chi connectivity index (χ4n) is 0.775. The third-order valence-corrected chi connectivity index (χ3v) is 1.82. The van der Waals surface area contributed by atoms with Crippen molar-refractivity contribution >= 4 is 23.5 Å². The summed E-state index contributed by atoms with van der Waals surface area (Å²) in [4.78, 5) is 17.8. The van der Waals surface area contributed by atoms with Crippen molar-refractivity contribution in [2.75, 3.05) is 5.32 Å². The SMILES string of the molecule is O=C(Nc1cnc[nH]1)c1cnsn1. The maximum Gasteiger partial charge on any atom is 0.278 e. The van der Waals surface area contributed by atoms with Crippen molar-refractivity contribution in [3.8, 4) is 0 Å². The number of carbonyl (C=O) groups is 1. The van der Waals surface area contributed by atoms with Crippen LogP contribution in [0.25, 0.3) is 0 Å². The molecule has 13 heavy (non-hydrogen) atoms. The van der Waals surface area contributed by atoms with Gasteiger partial charge in [-0.25, -0.2) is 4.98 Å². The zero-order valence-corrected chi connectivity index (χ0v) is 7.21. The number of imidazole rings is 1. The average Bonchev–Trinajstić information content (AvgIpc) is 2.74. The van der Waals surface area contributed by atoms with Gasteiger partial charge in [-0.05, 0) is 0 Å². The first-order chi connectivity index (χ1) is 6.36. The molecule has 0 unspecified atom stereocenters. The monoisotopic (exact) mass is 195 g/mol. The third kappa shape index (κ3) is 1.70. The lowest BCUT2D eigenvalue weighted by Gasteiger charge is -1.96. The van der Waals surface area contributed by atoms with Gasteiger partial charge in [0.2, 0.25) is 0 Å². The molecule has 66 valence electrons. The van der Waals surface area contributed by atoms with E-state index in [1.54, 1.807) is 0 Å². The second-order valence-electron chi connectivity index (χ2n) is 2.21. The molecule has 0 radical (unpaired) electrons. The minimum absolute atomic E-state index is 0.294. The molecule has 0 fully saturated rings. The Morgan fingerprint density at radius 3 is 3.08 bits per heavy atom. The maximum atomic E-state index is 11.3. The van der Waals surface area contributed by atoms with Crippen LogP contribution < -0.4 is 5.32 Å². The van der Waals surface area contributed by atoms with Crippen molar-refractivity contribution in [3.05, 3.63) is 24.4 Å². The number of hydrogen-bond donors (Lipinski definition) is 2. The molecule has 7 heteroatoms. The van der Waals surface area contributed by atoms with Crippen molar-refractivity contribution < 1.29 is 4.79 Å². The Bertz CT molecular complexity index is 381. The third-order valence-electron chi connectivity index (χ3n) is 1.34. The first-order valence-electron chi connectivity index (χ1n) is 3.43. The summed E-state index contributed by atoms with van der Waals surface area (Å²) in [7, 11) is 0. The van der Waals surface area contributed by atoms with Gasteiger partial charge >= 0.3 is 0 Å². The number of nitrogens with zero attached hydrogens (tertiary/aromatic N) is 3. The second-order valence-corrected chi connectivity index (χ2v) is 2.77. The van der Waals surface area contributed by atoms with Gasteiger partial charge in [0.05, 0.1) is 30.4 Å². The fourth-order valence-corrected chi connectivity index (χ4v) is 1.19. The smallest absolute Gasteiger partial charge is 0.278 e. The predicted molar refractivity (Wildman–Crippen MR) is 46.4 cm³/mol. The summed E-state index contributed by atoms with van der Waals surface area (Å²) in [6, 6.07) is 0. The number of nitrogens with one attached hydrogen (secondary N) is 2. The van der Waals surface area contributed by atoms with Crippen LogP contribution in [0.5, 0.6) is 0 Å². The van der Waals surface area contributed by atoms with Crippen LogP contribution in [0.15, 0.2) is 18.7 Å². The highest BCUT2D eigenvalue weighted by Crippen LogP contribution is 2.02. The van der Waals surface area contributed by atoms with Crippen LogP contribution >= 0.6 is 11.7 Å². The van der Waals surface area contributed by atoms with Crippen LogP contribution in [0, 0.1) is 0 Å². The van der Waals surface area contributed by atoms with E-state index >= 15 is 0 Å². The molecule has 2 rings (SSSR count). The molecule has 0 aromatic carbocycles. The standard InChI is InChI=1S/C6H5N5OS/c12-6(4-1-9-13-11-4)10-5-2-7-3-8-5/h1-3H,(H,7,8)(H,10,12). The average molecular weight is 195 g/mol. The number of hydrogen-bond acceptors (Lipinski definition) is 5. The van der Waals surface area contributed by atoms with E-state index in [0.717, 1.165) is 11.7 Å². The minimum Gasteiger partial charge on any atom is -0.331 e. The topological polar surface area (TPSA) is 83.6 Å². The van der Waals surface area contributed by atoms with Gasteiger partial charge in [0, 0.05) is 0 Å².